The predicted octanol–water partition coefficient (Wildman–Crippen LogP) is 5.67. The fourth-order valence-electron chi connectivity index (χ4n) is 3.92. The molecule has 0 bridgehead atoms. The number of aromatic hydroxyl groups is 2. The number of benzene rings is 4. The molecule has 2 nitrogen and oxygen atoms in total. The first-order valence-electron chi connectivity index (χ1n) is 9.37. The van der Waals surface area contributed by atoms with Gasteiger partial charge >= 0.3 is 0 Å². The zero-order valence-electron chi connectivity index (χ0n) is 15.5. The molecule has 0 fully saturated rings. The van der Waals surface area contributed by atoms with Gasteiger partial charge in [0.15, 0.2) is 0 Å². The number of phenolic OH excluding ortho intramolecular Hbond substituents is 2. The second kappa shape index (κ2) is 7.61. The minimum absolute atomic E-state index is 0.253. The topological polar surface area (TPSA) is 40.5 Å². The van der Waals surface area contributed by atoms with Crippen LogP contribution in [0.25, 0.3) is 0 Å². The molecule has 0 atom stereocenters. The van der Waals surface area contributed by atoms with Gasteiger partial charge in [0.2, 0.25) is 0 Å². The molecule has 138 valence electrons. The normalized spacial score (nSPS) is 11.3. The first-order chi connectivity index (χ1) is 13.7. The molecule has 0 saturated heterocycles. The Balaban J connectivity index is 1.99. The van der Waals surface area contributed by atoms with E-state index in [9.17, 15) is 10.2 Å². The Labute approximate surface area is 165 Å². The Bertz CT molecular complexity index is 982. The summed E-state index contributed by atoms with van der Waals surface area (Å²) >= 11 is 0. The van der Waals surface area contributed by atoms with E-state index in [2.05, 4.69) is 48.5 Å². The largest absolute Gasteiger partial charge is 0.508 e. The van der Waals surface area contributed by atoms with Gasteiger partial charge in [-0.05, 0) is 52.9 Å². The van der Waals surface area contributed by atoms with E-state index in [1.807, 2.05) is 36.4 Å². The summed E-state index contributed by atoms with van der Waals surface area (Å²) in [5, 5.41) is 19.6. The minimum Gasteiger partial charge on any atom is -0.508 e. The molecule has 0 unspecified atom stereocenters. The summed E-state index contributed by atoms with van der Waals surface area (Å²) < 4.78 is 0. The average Bonchev–Trinajstić information content (AvgIpc) is 2.75. The lowest BCUT2D eigenvalue weighted by Crippen LogP contribution is -2.32. The molecule has 2 heteroatoms. The lowest BCUT2D eigenvalue weighted by molar-refractivity contribution is 0.473. The standard InChI is InChI=1S/C26H22O2/c27-24-15-11-20(12-16-24)19-26(21-7-3-1-4-8-21,22-9-5-2-6-10-22)23-13-17-25(28)18-14-23/h1-18,27-28H,19H2. The van der Waals surface area contributed by atoms with Gasteiger partial charge in [0.1, 0.15) is 11.5 Å². The summed E-state index contributed by atoms with van der Waals surface area (Å²) in [5.74, 6) is 0.516. The van der Waals surface area contributed by atoms with Gasteiger partial charge in [-0.3, -0.25) is 0 Å². The number of hydrogen-bond acceptors (Lipinski definition) is 2. The molecule has 0 spiro atoms. The van der Waals surface area contributed by atoms with E-state index in [1.54, 1.807) is 24.3 Å². The molecule has 0 aromatic heterocycles. The van der Waals surface area contributed by atoms with Gasteiger partial charge < -0.3 is 10.2 Å². The first-order valence-corrected chi connectivity index (χ1v) is 9.37. The smallest absolute Gasteiger partial charge is 0.115 e. The van der Waals surface area contributed by atoms with Gasteiger partial charge in [-0.1, -0.05) is 84.9 Å². The Morgan fingerprint density at radius 1 is 0.464 bits per heavy atom. The number of hydrogen-bond donors (Lipinski definition) is 2. The van der Waals surface area contributed by atoms with E-state index in [0.717, 1.165) is 17.5 Å². The van der Waals surface area contributed by atoms with Crippen LogP contribution in [0.1, 0.15) is 22.3 Å². The van der Waals surface area contributed by atoms with Crippen molar-refractivity contribution in [3.8, 4) is 11.5 Å². The molecule has 0 aliphatic heterocycles. The molecule has 28 heavy (non-hydrogen) atoms. The van der Waals surface area contributed by atoms with Gasteiger partial charge in [0.05, 0.1) is 0 Å². The van der Waals surface area contributed by atoms with Crippen molar-refractivity contribution in [2.75, 3.05) is 0 Å². The van der Waals surface area contributed by atoms with Crippen molar-refractivity contribution < 1.29 is 10.2 Å². The van der Waals surface area contributed by atoms with Crippen molar-refractivity contribution >= 4 is 0 Å². The van der Waals surface area contributed by atoms with E-state index in [-0.39, 0.29) is 11.5 Å². The highest BCUT2D eigenvalue weighted by Gasteiger charge is 2.36. The highest BCUT2D eigenvalue weighted by molar-refractivity contribution is 5.53. The second-order valence-corrected chi connectivity index (χ2v) is 7.03. The second-order valence-electron chi connectivity index (χ2n) is 7.03. The molecular weight excluding hydrogens is 344 g/mol. The summed E-state index contributed by atoms with van der Waals surface area (Å²) in [5.41, 5.74) is 4.17. The monoisotopic (exact) mass is 366 g/mol. The van der Waals surface area contributed by atoms with Crippen LogP contribution in [-0.2, 0) is 11.8 Å². The van der Waals surface area contributed by atoms with Crippen molar-refractivity contribution in [1.29, 1.82) is 0 Å². The van der Waals surface area contributed by atoms with Gasteiger partial charge in [-0.15, -0.1) is 0 Å². The Morgan fingerprint density at radius 3 is 1.32 bits per heavy atom. The van der Waals surface area contributed by atoms with Crippen LogP contribution in [0, 0.1) is 0 Å². The molecule has 4 aromatic rings. The minimum atomic E-state index is -0.423. The summed E-state index contributed by atoms with van der Waals surface area (Å²) in [6.45, 7) is 0. The molecule has 0 radical (unpaired) electrons. The van der Waals surface area contributed by atoms with E-state index < -0.39 is 5.41 Å². The van der Waals surface area contributed by atoms with Crippen molar-refractivity contribution in [3.63, 3.8) is 0 Å². The zero-order valence-corrected chi connectivity index (χ0v) is 15.5. The van der Waals surface area contributed by atoms with Crippen LogP contribution in [-0.4, -0.2) is 10.2 Å². The average molecular weight is 366 g/mol. The van der Waals surface area contributed by atoms with E-state index in [4.69, 9.17) is 0 Å². The summed E-state index contributed by atoms with van der Waals surface area (Å²) in [7, 11) is 0. The van der Waals surface area contributed by atoms with Crippen LogP contribution >= 0.6 is 0 Å². The third-order valence-electron chi connectivity index (χ3n) is 5.30. The van der Waals surface area contributed by atoms with Gasteiger partial charge in [-0.25, -0.2) is 0 Å². The first kappa shape index (κ1) is 17.9. The Morgan fingerprint density at radius 2 is 0.857 bits per heavy atom. The summed E-state index contributed by atoms with van der Waals surface area (Å²) in [6, 6.07) is 35.8. The molecule has 0 saturated carbocycles. The zero-order chi connectivity index (χ0) is 19.4. The van der Waals surface area contributed by atoms with Gasteiger partial charge in [0, 0.05) is 5.41 Å². The lowest BCUT2D eigenvalue weighted by Gasteiger charge is -2.36. The Hall–Kier alpha value is -3.52. The maximum Gasteiger partial charge on any atom is 0.115 e. The highest BCUT2D eigenvalue weighted by atomic mass is 16.3. The molecule has 0 aliphatic carbocycles. The third kappa shape index (κ3) is 3.37. The SMILES string of the molecule is Oc1ccc(CC(c2ccccc2)(c2ccccc2)c2ccc(O)cc2)cc1. The molecule has 0 amide bonds. The molecule has 0 aliphatic rings. The number of phenols is 2. The third-order valence-corrected chi connectivity index (χ3v) is 5.30. The quantitative estimate of drug-likeness (QED) is 0.447. The van der Waals surface area contributed by atoms with Crippen LogP contribution in [0.5, 0.6) is 11.5 Å². The van der Waals surface area contributed by atoms with Crippen molar-refractivity contribution in [1.82, 2.24) is 0 Å². The number of rotatable bonds is 5. The highest BCUT2D eigenvalue weighted by Crippen LogP contribution is 2.42. The summed E-state index contributed by atoms with van der Waals surface area (Å²) in [6.07, 6.45) is 0.728. The lowest BCUT2D eigenvalue weighted by atomic mass is 9.66. The van der Waals surface area contributed by atoms with Crippen molar-refractivity contribution in [2.24, 2.45) is 0 Å². The molecule has 2 N–H and O–H groups in total. The van der Waals surface area contributed by atoms with Crippen LogP contribution < -0.4 is 0 Å². The van der Waals surface area contributed by atoms with E-state index in [0.29, 0.717) is 0 Å². The predicted molar refractivity (Wildman–Crippen MR) is 113 cm³/mol. The molecular formula is C26H22O2. The fraction of sp³-hybridized carbons (Fsp3) is 0.0769. The van der Waals surface area contributed by atoms with Crippen molar-refractivity contribution in [2.45, 2.75) is 11.8 Å². The molecule has 4 aromatic carbocycles. The van der Waals surface area contributed by atoms with Crippen LogP contribution in [0.2, 0.25) is 0 Å². The van der Waals surface area contributed by atoms with Crippen LogP contribution in [0.4, 0.5) is 0 Å². The molecule has 4 rings (SSSR count). The molecule has 0 heterocycles. The van der Waals surface area contributed by atoms with Crippen molar-refractivity contribution in [3.05, 3.63) is 131 Å². The van der Waals surface area contributed by atoms with E-state index >= 15 is 0 Å². The maximum atomic E-state index is 9.86. The van der Waals surface area contributed by atoms with Gasteiger partial charge in [-0.2, -0.15) is 0 Å². The van der Waals surface area contributed by atoms with Crippen LogP contribution in [0.15, 0.2) is 109 Å². The van der Waals surface area contributed by atoms with E-state index in [1.165, 1.54) is 11.1 Å². The Kier molecular flexibility index (Phi) is 4.86. The van der Waals surface area contributed by atoms with Crippen LogP contribution in [0.3, 0.4) is 0 Å². The summed E-state index contributed by atoms with van der Waals surface area (Å²) in [4.78, 5) is 0. The maximum absolute atomic E-state index is 9.86. The fourth-order valence-corrected chi connectivity index (χ4v) is 3.92. The van der Waals surface area contributed by atoms with Gasteiger partial charge in [0.25, 0.3) is 0 Å².